The molecule has 0 saturated heterocycles. The second-order valence-corrected chi connectivity index (χ2v) is 11.4. The molecule has 26 heavy (non-hydrogen) atoms. The summed E-state index contributed by atoms with van der Waals surface area (Å²) in [6.45, 7) is 2.35. The molecule has 0 amide bonds. The zero-order chi connectivity index (χ0) is 18.5. The minimum absolute atomic E-state index is 0.526. The zero-order valence-corrected chi connectivity index (χ0v) is 18.8. The molecule has 0 bridgehead atoms. The molecule has 0 heterocycles. The lowest BCUT2D eigenvalue weighted by molar-refractivity contribution is 0.422. The number of aryl methyl sites for hydroxylation is 2. The fraction of sp³-hybridized carbons (Fsp3) is 0.750. The van der Waals surface area contributed by atoms with Crippen molar-refractivity contribution in [2.24, 2.45) is 5.41 Å². The van der Waals surface area contributed by atoms with Crippen LogP contribution in [-0.2, 0) is 12.8 Å². The van der Waals surface area contributed by atoms with E-state index in [-0.39, 0.29) is 0 Å². The van der Waals surface area contributed by atoms with Gasteiger partial charge in [0.05, 0.1) is 0 Å². The quantitative estimate of drug-likeness (QED) is 0.178. The number of halogens is 1. The first-order chi connectivity index (χ1) is 12.5. The number of unbranched alkanes of at least 4 members (excludes halogenated alkanes) is 4. The van der Waals surface area contributed by atoms with Gasteiger partial charge in [-0.15, -0.1) is 0 Å². The average molecular weight is 468 g/mol. The van der Waals surface area contributed by atoms with E-state index in [1.165, 1.54) is 89.0 Å². The van der Waals surface area contributed by atoms with Crippen molar-refractivity contribution < 1.29 is 5.11 Å². The molecule has 3 rings (SSSR count). The largest absolute Gasteiger partial charge is 0.508 e. The van der Waals surface area contributed by atoms with E-state index in [0.717, 1.165) is 23.8 Å². The molecule has 2 saturated carbocycles. The Bertz CT molecular complexity index is 572. The van der Waals surface area contributed by atoms with Crippen LogP contribution in [0.5, 0.6) is 5.75 Å². The van der Waals surface area contributed by atoms with Crippen molar-refractivity contribution in [2.45, 2.75) is 107 Å². The third-order valence-electron chi connectivity index (χ3n) is 6.89. The smallest absolute Gasteiger partial charge is 0.119 e. The molecule has 0 aliphatic heterocycles. The van der Waals surface area contributed by atoms with Gasteiger partial charge in [0.1, 0.15) is 5.75 Å². The van der Waals surface area contributed by atoms with Gasteiger partial charge in [0.15, 0.2) is 0 Å². The summed E-state index contributed by atoms with van der Waals surface area (Å²) in [5.41, 5.74) is 3.20. The highest BCUT2D eigenvalue weighted by atomic mass is 127. The van der Waals surface area contributed by atoms with Crippen molar-refractivity contribution in [3.63, 3.8) is 0 Å². The molecular weight excluding hydrogens is 431 g/mol. The highest BCUT2D eigenvalue weighted by molar-refractivity contribution is 14.1. The van der Waals surface area contributed by atoms with E-state index in [1.54, 1.807) is 0 Å². The summed E-state index contributed by atoms with van der Waals surface area (Å²) in [6.07, 6.45) is 20.0. The predicted molar refractivity (Wildman–Crippen MR) is 120 cm³/mol. The number of rotatable bonds is 13. The molecule has 2 heteroatoms. The second kappa shape index (κ2) is 9.30. The maximum Gasteiger partial charge on any atom is 0.119 e. The van der Waals surface area contributed by atoms with Gasteiger partial charge < -0.3 is 5.11 Å². The van der Waals surface area contributed by atoms with Crippen molar-refractivity contribution in [3.8, 4) is 5.75 Å². The number of benzene rings is 1. The molecule has 2 aliphatic carbocycles. The van der Waals surface area contributed by atoms with Gasteiger partial charge in [-0.3, -0.25) is 0 Å². The predicted octanol–water partition coefficient (Wildman–Crippen LogP) is 7.76. The molecule has 1 aromatic carbocycles. The van der Waals surface area contributed by atoms with Crippen LogP contribution in [0.2, 0.25) is 0 Å². The van der Waals surface area contributed by atoms with Gasteiger partial charge in [0.2, 0.25) is 0 Å². The number of hydrogen-bond acceptors (Lipinski definition) is 1. The number of alkyl halides is 1. The molecule has 1 aromatic rings. The maximum atomic E-state index is 10.3. The van der Waals surface area contributed by atoms with Gasteiger partial charge in [0, 0.05) is 3.42 Å². The molecule has 0 aromatic heterocycles. The Morgan fingerprint density at radius 2 is 1.58 bits per heavy atom. The first-order valence-corrected chi connectivity index (χ1v) is 12.1. The van der Waals surface area contributed by atoms with Crippen LogP contribution < -0.4 is 0 Å². The van der Waals surface area contributed by atoms with Crippen LogP contribution in [0.4, 0.5) is 0 Å². The monoisotopic (exact) mass is 468 g/mol. The van der Waals surface area contributed by atoms with Gasteiger partial charge in [-0.1, -0.05) is 73.8 Å². The minimum Gasteiger partial charge on any atom is -0.508 e. The number of phenols is 1. The normalized spacial score (nSPS) is 19.5. The topological polar surface area (TPSA) is 20.2 Å². The van der Waals surface area contributed by atoms with Gasteiger partial charge in [-0.2, -0.15) is 0 Å². The van der Waals surface area contributed by atoms with Gasteiger partial charge >= 0.3 is 0 Å². The van der Waals surface area contributed by atoms with Gasteiger partial charge in [0.25, 0.3) is 0 Å². The van der Waals surface area contributed by atoms with Crippen molar-refractivity contribution >= 4 is 22.6 Å². The third-order valence-corrected chi connectivity index (χ3v) is 8.51. The minimum atomic E-state index is 0.526. The molecule has 0 atom stereocenters. The highest BCUT2D eigenvalue weighted by Gasteiger charge is 2.39. The molecule has 0 radical (unpaired) electrons. The standard InChI is InChI=1S/C24H37IO/c1-2-23(15-16-23)13-7-3-5-9-20-11-12-21(22(26)19-20)10-6-4-8-14-24(25)17-18-24/h11-12,19,26H,2-10,13-18H2,1H3. The molecule has 2 fully saturated rings. The highest BCUT2D eigenvalue weighted by Crippen LogP contribution is 2.52. The van der Waals surface area contributed by atoms with E-state index in [1.807, 2.05) is 6.07 Å². The van der Waals surface area contributed by atoms with E-state index in [9.17, 15) is 5.11 Å². The van der Waals surface area contributed by atoms with Crippen LogP contribution in [0.3, 0.4) is 0 Å². The third kappa shape index (κ3) is 6.42. The van der Waals surface area contributed by atoms with Crippen LogP contribution >= 0.6 is 22.6 Å². The van der Waals surface area contributed by atoms with Gasteiger partial charge in [-0.25, -0.2) is 0 Å². The molecule has 2 aliphatic rings. The lowest BCUT2D eigenvalue weighted by Crippen LogP contribution is -1.98. The number of aromatic hydroxyl groups is 1. The van der Waals surface area contributed by atoms with Crippen molar-refractivity contribution in [1.29, 1.82) is 0 Å². The van der Waals surface area contributed by atoms with Crippen molar-refractivity contribution in [2.75, 3.05) is 0 Å². The first-order valence-electron chi connectivity index (χ1n) is 11.0. The maximum absolute atomic E-state index is 10.3. The van der Waals surface area contributed by atoms with Crippen molar-refractivity contribution in [3.05, 3.63) is 29.3 Å². The van der Waals surface area contributed by atoms with E-state index in [2.05, 4.69) is 41.6 Å². The number of hydrogen-bond donors (Lipinski definition) is 1. The van der Waals surface area contributed by atoms with Crippen molar-refractivity contribution in [1.82, 2.24) is 0 Å². The fourth-order valence-electron chi connectivity index (χ4n) is 4.26. The van der Waals surface area contributed by atoms with E-state index in [4.69, 9.17) is 0 Å². The second-order valence-electron chi connectivity index (χ2n) is 9.09. The first kappa shape index (κ1) is 20.5. The summed E-state index contributed by atoms with van der Waals surface area (Å²) in [4.78, 5) is 0. The molecule has 0 unspecified atom stereocenters. The van der Waals surface area contributed by atoms with Crippen LogP contribution in [0.15, 0.2) is 18.2 Å². The van der Waals surface area contributed by atoms with E-state index >= 15 is 0 Å². The Morgan fingerprint density at radius 1 is 0.885 bits per heavy atom. The average Bonchev–Trinajstić information content (AvgIpc) is 3.55. The Morgan fingerprint density at radius 3 is 2.19 bits per heavy atom. The molecular formula is C24H37IO. The Balaban J connectivity index is 1.29. The lowest BCUT2D eigenvalue weighted by atomic mass is 9.94. The molecule has 146 valence electrons. The summed E-state index contributed by atoms with van der Waals surface area (Å²) in [5.74, 6) is 0.526. The Kier molecular flexibility index (Phi) is 7.32. The number of phenolic OH excluding ortho intramolecular Hbond substituents is 1. The fourth-order valence-corrected chi connectivity index (χ4v) is 4.91. The lowest BCUT2D eigenvalue weighted by Gasteiger charge is -2.11. The Labute approximate surface area is 174 Å². The SMILES string of the molecule is CCC1(CCCCCc2ccc(CCCCCC3(I)CC3)c(O)c2)CC1. The summed E-state index contributed by atoms with van der Waals surface area (Å²) in [7, 11) is 0. The van der Waals surface area contributed by atoms with Crippen LogP contribution in [-0.4, -0.2) is 8.53 Å². The Hall–Kier alpha value is -0.250. The van der Waals surface area contributed by atoms with Crippen LogP contribution in [0.25, 0.3) is 0 Å². The summed E-state index contributed by atoms with van der Waals surface area (Å²) in [6, 6.07) is 6.43. The molecule has 1 N–H and O–H groups in total. The van der Waals surface area contributed by atoms with Crippen LogP contribution in [0, 0.1) is 5.41 Å². The molecule has 1 nitrogen and oxygen atoms in total. The van der Waals surface area contributed by atoms with E-state index in [0.29, 0.717) is 9.17 Å². The van der Waals surface area contributed by atoms with Crippen LogP contribution in [0.1, 0.15) is 102 Å². The van der Waals surface area contributed by atoms with E-state index < -0.39 is 0 Å². The summed E-state index contributed by atoms with van der Waals surface area (Å²) < 4.78 is 0.664. The summed E-state index contributed by atoms with van der Waals surface area (Å²) >= 11 is 2.64. The summed E-state index contributed by atoms with van der Waals surface area (Å²) in [5, 5.41) is 10.3. The molecule has 0 spiro atoms. The van der Waals surface area contributed by atoms with Gasteiger partial charge in [-0.05, 0) is 86.8 Å². The zero-order valence-electron chi connectivity index (χ0n) is 16.7.